The van der Waals surface area contributed by atoms with Crippen molar-refractivity contribution in [3.63, 3.8) is 0 Å². The van der Waals surface area contributed by atoms with E-state index in [2.05, 4.69) is 10.4 Å². The van der Waals surface area contributed by atoms with Gasteiger partial charge in [0.2, 0.25) is 11.8 Å². The fraction of sp³-hybridized carbons (Fsp3) is 0.545. The highest BCUT2D eigenvalue weighted by atomic mass is 16.5. The number of aliphatic hydroxyl groups is 1. The molecular formula is C22H26N4O5. The number of amides is 3. The van der Waals surface area contributed by atoms with Gasteiger partial charge in [-0.1, -0.05) is 12.1 Å². The van der Waals surface area contributed by atoms with Gasteiger partial charge in [0.1, 0.15) is 23.0 Å². The average molecular weight is 426 g/mol. The quantitative estimate of drug-likeness (QED) is 0.705. The van der Waals surface area contributed by atoms with Crippen LogP contribution in [0.3, 0.4) is 0 Å². The zero-order valence-corrected chi connectivity index (χ0v) is 17.5. The Balaban J connectivity index is 1.33. The lowest BCUT2D eigenvalue weighted by molar-refractivity contribution is -0.144. The molecule has 3 aliphatic rings. The summed E-state index contributed by atoms with van der Waals surface area (Å²) in [7, 11) is 1.82. The van der Waals surface area contributed by atoms with Crippen molar-refractivity contribution >= 4 is 28.6 Å². The van der Waals surface area contributed by atoms with E-state index in [1.165, 1.54) is 0 Å². The van der Waals surface area contributed by atoms with Gasteiger partial charge in [-0.2, -0.15) is 5.10 Å². The van der Waals surface area contributed by atoms with Crippen LogP contribution in [-0.4, -0.2) is 62.3 Å². The number of aromatic nitrogens is 2. The van der Waals surface area contributed by atoms with Crippen LogP contribution < -0.4 is 10.1 Å². The number of ether oxygens (including phenoxy) is 1. The number of hydrogen-bond donors (Lipinski definition) is 2. The predicted molar refractivity (Wildman–Crippen MR) is 110 cm³/mol. The van der Waals surface area contributed by atoms with Gasteiger partial charge in [-0.15, -0.1) is 0 Å². The Morgan fingerprint density at radius 2 is 1.97 bits per heavy atom. The molecule has 9 nitrogen and oxygen atoms in total. The van der Waals surface area contributed by atoms with Crippen LogP contribution in [0.4, 0.5) is 0 Å². The first-order chi connectivity index (χ1) is 14.9. The van der Waals surface area contributed by atoms with E-state index in [1.54, 1.807) is 9.58 Å². The molecule has 1 atom stereocenters. The molecule has 0 bridgehead atoms. The maximum absolute atomic E-state index is 12.4. The molecule has 9 heteroatoms. The van der Waals surface area contributed by atoms with Crippen LogP contribution in [0, 0.1) is 0 Å². The van der Waals surface area contributed by atoms with Crippen LogP contribution in [0.15, 0.2) is 18.2 Å². The fourth-order valence-corrected chi connectivity index (χ4v) is 4.62. The Hall–Kier alpha value is -2.94. The van der Waals surface area contributed by atoms with Crippen molar-refractivity contribution in [2.24, 2.45) is 7.05 Å². The molecule has 5 rings (SSSR count). The Kier molecular flexibility index (Phi) is 4.73. The number of nitrogens with zero attached hydrogens (tertiary/aromatic N) is 3. The van der Waals surface area contributed by atoms with E-state index in [0.29, 0.717) is 63.1 Å². The number of rotatable bonds is 4. The first kappa shape index (κ1) is 20.0. The van der Waals surface area contributed by atoms with Gasteiger partial charge in [0, 0.05) is 44.8 Å². The zero-order valence-electron chi connectivity index (χ0n) is 17.5. The minimum atomic E-state index is -1.12. The van der Waals surface area contributed by atoms with E-state index in [1.807, 2.05) is 25.2 Å². The van der Waals surface area contributed by atoms with Crippen molar-refractivity contribution in [2.45, 2.75) is 56.1 Å². The molecule has 3 fully saturated rings. The number of carbonyl (C=O) groups excluding carboxylic acids is 3. The second-order valence-corrected chi connectivity index (χ2v) is 8.81. The Morgan fingerprint density at radius 3 is 2.65 bits per heavy atom. The maximum Gasteiger partial charge on any atom is 0.254 e. The second-order valence-electron chi connectivity index (χ2n) is 8.81. The number of benzene rings is 1. The van der Waals surface area contributed by atoms with Gasteiger partial charge in [-0.25, -0.2) is 0 Å². The number of hydrogen-bond acceptors (Lipinski definition) is 6. The molecule has 1 aliphatic carbocycles. The minimum absolute atomic E-state index is 0.0440. The van der Waals surface area contributed by atoms with Gasteiger partial charge in [-0.3, -0.25) is 24.4 Å². The van der Waals surface area contributed by atoms with Crippen LogP contribution in [0.1, 0.15) is 50.1 Å². The molecule has 0 spiro atoms. The van der Waals surface area contributed by atoms with E-state index in [4.69, 9.17) is 4.74 Å². The van der Waals surface area contributed by atoms with Crippen molar-refractivity contribution in [1.82, 2.24) is 20.0 Å². The average Bonchev–Trinajstić information content (AvgIpc) is 3.42. The monoisotopic (exact) mass is 426 g/mol. The van der Waals surface area contributed by atoms with Crippen LogP contribution in [0.5, 0.6) is 5.75 Å². The lowest BCUT2D eigenvalue weighted by Crippen LogP contribution is -2.46. The molecule has 1 aromatic carbocycles. The third-order valence-electron chi connectivity index (χ3n) is 6.57. The topological polar surface area (TPSA) is 114 Å². The van der Waals surface area contributed by atoms with E-state index in [-0.39, 0.29) is 23.8 Å². The predicted octanol–water partition coefficient (Wildman–Crippen LogP) is 0.988. The van der Waals surface area contributed by atoms with Crippen molar-refractivity contribution in [3.05, 3.63) is 23.9 Å². The van der Waals surface area contributed by atoms with Gasteiger partial charge in [0.05, 0.1) is 11.6 Å². The summed E-state index contributed by atoms with van der Waals surface area (Å²) < 4.78 is 8.03. The highest BCUT2D eigenvalue weighted by Crippen LogP contribution is 2.38. The molecule has 2 aromatic rings. The number of nitrogens with one attached hydrogen (secondary N) is 1. The first-order valence-electron chi connectivity index (χ1n) is 10.8. The molecule has 31 heavy (non-hydrogen) atoms. The lowest BCUT2D eigenvalue weighted by Gasteiger charge is -2.33. The van der Waals surface area contributed by atoms with Crippen LogP contribution in [0.25, 0.3) is 10.9 Å². The fourth-order valence-electron chi connectivity index (χ4n) is 4.62. The molecule has 1 saturated carbocycles. The van der Waals surface area contributed by atoms with Gasteiger partial charge in [-0.05, 0) is 25.3 Å². The highest BCUT2D eigenvalue weighted by Gasteiger charge is 2.50. The lowest BCUT2D eigenvalue weighted by atomic mass is 9.93. The van der Waals surface area contributed by atoms with E-state index < -0.39 is 11.5 Å². The number of imide groups is 1. The summed E-state index contributed by atoms with van der Waals surface area (Å²) in [5.41, 5.74) is 0.347. The van der Waals surface area contributed by atoms with E-state index in [0.717, 1.165) is 10.9 Å². The number of carbonyl (C=O) groups is 3. The molecule has 3 heterocycles. The SMILES string of the molecule is Cn1nc(C2CCC(=O)NC2=O)c2cccc(OC3CCN(C(=O)C4(O)CC4)CC3)c21. The van der Waals surface area contributed by atoms with Crippen LogP contribution in [0.2, 0.25) is 0 Å². The van der Waals surface area contributed by atoms with E-state index in [9.17, 15) is 19.5 Å². The number of fused-ring (bicyclic) bond motifs is 1. The van der Waals surface area contributed by atoms with Crippen molar-refractivity contribution in [3.8, 4) is 5.75 Å². The Bertz CT molecular complexity index is 1070. The summed E-state index contributed by atoms with van der Waals surface area (Å²) in [5.74, 6) is -0.481. The van der Waals surface area contributed by atoms with Crippen molar-refractivity contribution in [1.29, 1.82) is 0 Å². The third-order valence-corrected chi connectivity index (χ3v) is 6.57. The molecule has 2 N–H and O–H groups in total. The van der Waals surface area contributed by atoms with Gasteiger partial charge in [0.15, 0.2) is 0 Å². The smallest absolute Gasteiger partial charge is 0.254 e. The number of aryl methyl sites for hydroxylation is 1. The summed E-state index contributed by atoms with van der Waals surface area (Å²) >= 11 is 0. The number of para-hydroxylation sites is 1. The molecule has 3 amide bonds. The Labute approximate surface area is 179 Å². The third kappa shape index (κ3) is 3.56. The normalized spacial score (nSPS) is 23.7. The van der Waals surface area contributed by atoms with Crippen LogP contribution in [-0.2, 0) is 21.4 Å². The molecular weight excluding hydrogens is 400 g/mol. The molecule has 1 unspecified atom stereocenters. The standard InChI is InChI=1S/C22H26N4O5/c1-25-19-14(18(24-25)15-5-6-17(27)23-20(15)28)3-2-4-16(19)31-13-7-11-26(12-8-13)21(29)22(30)9-10-22/h2-4,13,15,30H,5-12H2,1H3,(H,23,27,28). The molecule has 2 aliphatic heterocycles. The highest BCUT2D eigenvalue weighted by molar-refractivity contribution is 6.03. The first-order valence-corrected chi connectivity index (χ1v) is 10.8. The molecule has 2 saturated heterocycles. The maximum atomic E-state index is 12.4. The molecule has 0 radical (unpaired) electrons. The van der Waals surface area contributed by atoms with Crippen LogP contribution >= 0.6 is 0 Å². The molecule has 1 aromatic heterocycles. The summed E-state index contributed by atoms with van der Waals surface area (Å²) in [5, 5.41) is 17.9. The largest absolute Gasteiger partial charge is 0.488 e. The summed E-state index contributed by atoms with van der Waals surface area (Å²) in [6.07, 6.45) is 3.20. The minimum Gasteiger partial charge on any atom is -0.488 e. The summed E-state index contributed by atoms with van der Waals surface area (Å²) in [6.45, 7) is 1.13. The van der Waals surface area contributed by atoms with Gasteiger partial charge in [0.25, 0.3) is 5.91 Å². The summed E-state index contributed by atoms with van der Waals surface area (Å²) in [4.78, 5) is 37.9. The summed E-state index contributed by atoms with van der Waals surface area (Å²) in [6, 6.07) is 5.70. The zero-order chi connectivity index (χ0) is 21.8. The Morgan fingerprint density at radius 1 is 1.23 bits per heavy atom. The van der Waals surface area contributed by atoms with E-state index >= 15 is 0 Å². The second kappa shape index (κ2) is 7.33. The molecule has 164 valence electrons. The van der Waals surface area contributed by atoms with Crippen molar-refractivity contribution < 1.29 is 24.2 Å². The number of likely N-dealkylation sites (tertiary alicyclic amines) is 1. The number of piperidine rings is 2. The van der Waals surface area contributed by atoms with Gasteiger partial charge < -0.3 is 14.7 Å². The van der Waals surface area contributed by atoms with Crippen molar-refractivity contribution in [2.75, 3.05) is 13.1 Å². The van der Waals surface area contributed by atoms with Gasteiger partial charge >= 0.3 is 0 Å².